The third-order valence-corrected chi connectivity index (χ3v) is 7.53. The van der Waals surface area contributed by atoms with Crippen molar-refractivity contribution in [3.8, 4) is 0 Å². The molecule has 2 saturated heterocycles. The van der Waals surface area contributed by atoms with Crippen molar-refractivity contribution in [1.82, 2.24) is 14.5 Å². The lowest BCUT2D eigenvalue weighted by Crippen LogP contribution is -2.44. The summed E-state index contributed by atoms with van der Waals surface area (Å²) in [7, 11) is -4.04. The molecule has 11 nitrogen and oxygen atoms in total. The molecule has 5 rings (SSSR count). The summed E-state index contributed by atoms with van der Waals surface area (Å²) in [6.45, 7) is 1.09. The number of phosphoric acid groups is 1. The Bertz CT molecular complexity index is 1250. The van der Waals surface area contributed by atoms with E-state index < -0.39 is 50.4 Å². The van der Waals surface area contributed by atoms with E-state index in [1.54, 1.807) is 18.3 Å². The maximum Gasteiger partial charge on any atom is 0.475 e. The van der Waals surface area contributed by atoms with Crippen LogP contribution in [0.4, 0.5) is 10.2 Å². The van der Waals surface area contributed by atoms with Crippen molar-refractivity contribution in [2.24, 2.45) is 0 Å². The van der Waals surface area contributed by atoms with E-state index >= 15 is 0 Å². The lowest BCUT2D eigenvalue weighted by molar-refractivity contribution is -0.0950. The van der Waals surface area contributed by atoms with Crippen LogP contribution in [0.1, 0.15) is 31.2 Å². The summed E-state index contributed by atoms with van der Waals surface area (Å²) in [5.41, 5.74) is 5.06. The maximum absolute atomic E-state index is 13.6. The number of aliphatic hydroxyl groups is 2. The zero-order valence-electron chi connectivity index (χ0n) is 18.2. The van der Waals surface area contributed by atoms with Gasteiger partial charge in [0.1, 0.15) is 41.4 Å². The van der Waals surface area contributed by atoms with Gasteiger partial charge in [-0.05, 0) is 30.7 Å². The van der Waals surface area contributed by atoms with Gasteiger partial charge in [0, 0.05) is 12.6 Å². The molecule has 2 aromatic heterocycles. The summed E-state index contributed by atoms with van der Waals surface area (Å²) >= 11 is 0. The molecular formula is C21H24FN4O7P. The average Bonchev–Trinajstić information content (AvgIpc) is 3.32. The number of hydrogen-bond donors (Lipinski definition) is 3. The number of nitrogens with two attached hydrogens (primary N) is 1. The van der Waals surface area contributed by atoms with Crippen LogP contribution >= 0.6 is 7.82 Å². The molecule has 0 saturated carbocycles. The minimum absolute atomic E-state index is 0.0728. The van der Waals surface area contributed by atoms with Crippen molar-refractivity contribution in [1.29, 1.82) is 0 Å². The molecule has 0 bridgehead atoms. The van der Waals surface area contributed by atoms with Crippen molar-refractivity contribution in [2.75, 3.05) is 18.9 Å². The van der Waals surface area contributed by atoms with Gasteiger partial charge in [-0.1, -0.05) is 12.1 Å². The van der Waals surface area contributed by atoms with Crippen LogP contribution < -0.4 is 5.73 Å². The Labute approximate surface area is 193 Å². The number of nitrogen functional groups attached to an aromatic ring is 1. The molecule has 1 aromatic carbocycles. The molecule has 0 spiro atoms. The van der Waals surface area contributed by atoms with E-state index in [0.717, 1.165) is 0 Å². The van der Waals surface area contributed by atoms with E-state index in [1.165, 1.54) is 36.0 Å². The van der Waals surface area contributed by atoms with Gasteiger partial charge in [0.15, 0.2) is 6.23 Å². The van der Waals surface area contributed by atoms with E-state index in [0.29, 0.717) is 23.0 Å². The molecule has 0 aliphatic carbocycles. The summed E-state index contributed by atoms with van der Waals surface area (Å²) in [4.78, 5) is 8.13. The molecule has 0 unspecified atom stereocenters. The second-order valence-electron chi connectivity index (χ2n) is 8.43. The third kappa shape index (κ3) is 4.11. The number of anilines is 1. The Morgan fingerprint density at radius 1 is 1.38 bits per heavy atom. The van der Waals surface area contributed by atoms with Crippen LogP contribution in [-0.2, 0) is 22.9 Å². The number of phosphoric ester groups is 1. The average molecular weight is 494 g/mol. The Morgan fingerprint density at radius 2 is 2.21 bits per heavy atom. The normalized spacial score (nSPS) is 34.0. The fourth-order valence-electron chi connectivity index (χ4n) is 4.23. The van der Waals surface area contributed by atoms with Crippen molar-refractivity contribution in [3.05, 3.63) is 54.2 Å². The van der Waals surface area contributed by atoms with Gasteiger partial charge < -0.3 is 25.3 Å². The van der Waals surface area contributed by atoms with Gasteiger partial charge in [0.2, 0.25) is 0 Å². The molecule has 34 heavy (non-hydrogen) atoms. The number of aliphatic hydroxyl groups excluding tert-OH is 1. The highest BCUT2D eigenvalue weighted by molar-refractivity contribution is 7.48. The smallest absolute Gasteiger partial charge is 0.387 e. The van der Waals surface area contributed by atoms with Crippen molar-refractivity contribution in [2.45, 2.75) is 43.5 Å². The topological polar surface area (TPSA) is 151 Å². The first kappa shape index (κ1) is 23.3. The Kier molecular flexibility index (Phi) is 5.93. The van der Waals surface area contributed by atoms with E-state index in [2.05, 4.69) is 9.97 Å². The van der Waals surface area contributed by atoms with E-state index in [9.17, 15) is 19.2 Å². The van der Waals surface area contributed by atoms with Crippen LogP contribution in [0.15, 0.2) is 42.9 Å². The Balaban J connectivity index is 1.31. The van der Waals surface area contributed by atoms with E-state index in [4.69, 9.17) is 24.0 Å². The molecule has 4 N–H and O–H groups in total. The number of fused-ring (bicyclic) bond motifs is 1. The predicted octanol–water partition coefficient (Wildman–Crippen LogP) is 2.46. The van der Waals surface area contributed by atoms with Crippen molar-refractivity contribution >= 4 is 24.7 Å². The molecule has 13 heteroatoms. The summed E-state index contributed by atoms with van der Waals surface area (Å²) < 4.78 is 50.3. The van der Waals surface area contributed by atoms with Gasteiger partial charge in [0.25, 0.3) is 0 Å². The third-order valence-electron chi connectivity index (χ3n) is 6.05. The van der Waals surface area contributed by atoms with Gasteiger partial charge in [-0.15, -0.1) is 0 Å². The standard InChI is InChI=1S/C21H24FN4O7P/c1-21(28)17(27)16(32-20(21)26-7-5-14-18(23)24-11-25-19(14)26)10-31-34(29)30-8-6-15(33-34)12-3-2-4-13(22)9-12/h2-5,7,9,11,15-17,20,27-28H,6,8,10H2,1H3,(H2,23,24,25)/t15-,16+,17+,20+,21+,34+/m0/s1. The summed E-state index contributed by atoms with van der Waals surface area (Å²) in [5.74, 6) is -0.178. The summed E-state index contributed by atoms with van der Waals surface area (Å²) in [5, 5.41) is 22.3. The number of ether oxygens (including phenoxy) is 1. The minimum atomic E-state index is -4.04. The number of aromatic nitrogens is 3. The fraction of sp³-hybridized carbons (Fsp3) is 0.429. The molecule has 3 aromatic rings. The number of hydrogen-bond acceptors (Lipinski definition) is 10. The summed E-state index contributed by atoms with van der Waals surface area (Å²) in [6.07, 6.45) is -0.929. The molecule has 0 radical (unpaired) electrons. The number of nitrogens with zero attached hydrogens (tertiary/aromatic N) is 3. The zero-order valence-corrected chi connectivity index (χ0v) is 19.0. The van der Waals surface area contributed by atoms with Crippen LogP contribution in [0.3, 0.4) is 0 Å². The highest BCUT2D eigenvalue weighted by Crippen LogP contribution is 2.57. The van der Waals surface area contributed by atoms with Crippen LogP contribution in [0.2, 0.25) is 0 Å². The Hall–Kier alpha value is -2.44. The molecule has 182 valence electrons. The molecule has 2 fully saturated rings. The van der Waals surface area contributed by atoms with Crippen LogP contribution in [0.25, 0.3) is 11.0 Å². The van der Waals surface area contributed by atoms with E-state index in [-0.39, 0.29) is 12.4 Å². The maximum atomic E-state index is 13.6. The molecule has 2 aliphatic heterocycles. The van der Waals surface area contributed by atoms with Crippen molar-refractivity contribution < 1.29 is 37.5 Å². The highest BCUT2D eigenvalue weighted by Gasteiger charge is 2.54. The predicted molar refractivity (Wildman–Crippen MR) is 117 cm³/mol. The molecule has 4 heterocycles. The minimum Gasteiger partial charge on any atom is -0.387 e. The molecule has 2 aliphatic rings. The highest BCUT2D eigenvalue weighted by atomic mass is 31.2. The largest absolute Gasteiger partial charge is 0.475 e. The Morgan fingerprint density at radius 3 is 3.00 bits per heavy atom. The molecule has 0 amide bonds. The SMILES string of the molecule is C[C@@]1(O)[C@H](O)[C@@H](CO[P@@]2(=O)OCC[C@@H](c3cccc(F)c3)O2)O[C@H]1n1ccc2c(N)ncnc21. The van der Waals surface area contributed by atoms with E-state index in [1.807, 2.05) is 0 Å². The second kappa shape index (κ2) is 8.65. The molecule has 6 atom stereocenters. The second-order valence-corrected chi connectivity index (χ2v) is 10.1. The number of halogens is 1. The van der Waals surface area contributed by atoms with Crippen LogP contribution in [0.5, 0.6) is 0 Å². The van der Waals surface area contributed by atoms with Crippen LogP contribution in [-0.4, -0.2) is 55.8 Å². The first-order valence-corrected chi connectivity index (χ1v) is 12.1. The first-order chi connectivity index (χ1) is 16.2. The van der Waals surface area contributed by atoms with Gasteiger partial charge in [-0.3, -0.25) is 13.6 Å². The number of benzene rings is 1. The summed E-state index contributed by atoms with van der Waals surface area (Å²) in [6, 6.07) is 7.46. The van der Waals surface area contributed by atoms with Gasteiger partial charge in [-0.25, -0.2) is 18.9 Å². The zero-order chi connectivity index (χ0) is 24.1. The van der Waals surface area contributed by atoms with Crippen LogP contribution in [0, 0.1) is 5.82 Å². The molecular weight excluding hydrogens is 470 g/mol. The lowest BCUT2D eigenvalue weighted by Gasteiger charge is -2.30. The number of rotatable bonds is 5. The quantitative estimate of drug-likeness (QED) is 0.451. The lowest BCUT2D eigenvalue weighted by atomic mass is 9.96. The van der Waals surface area contributed by atoms with Gasteiger partial charge in [-0.2, -0.15) is 0 Å². The first-order valence-electron chi connectivity index (χ1n) is 10.6. The van der Waals surface area contributed by atoms with Crippen molar-refractivity contribution in [3.63, 3.8) is 0 Å². The van der Waals surface area contributed by atoms with Gasteiger partial charge in [0.05, 0.1) is 24.7 Å². The fourth-order valence-corrected chi connectivity index (χ4v) is 5.63. The van der Waals surface area contributed by atoms with Gasteiger partial charge >= 0.3 is 7.82 Å². The monoisotopic (exact) mass is 494 g/mol.